The number of aryl methyl sites for hydroxylation is 3. The van der Waals surface area contributed by atoms with Crippen LogP contribution < -0.4 is 0 Å². The van der Waals surface area contributed by atoms with E-state index in [1.54, 1.807) is 17.7 Å². The van der Waals surface area contributed by atoms with Crippen molar-refractivity contribution in [1.29, 1.82) is 0 Å². The second kappa shape index (κ2) is 3.73. The first-order valence-corrected chi connectivity index (χ1v) is 7.26. The molecule has 4 heterocycles. The molecule has 0 aliphatic rings. The van der Waals surface area contributed by atoms with E-state index < -0.39 is 0 Å². The number of thiophene rings is 1. The van der Waals surface area contributed by atoms with E-state index in [1.165, 1.54) is 11.1 Å². The van der Waals surface area contributed by atoms with Crippen molar-refractivity contribution in [2.75, 3.05) is 0 Å². The zero-order chi connectivity index (χ0) is 14.0. The highest BCUT2D eigenvalue weighted by molar-refractivity contribution is 7.26. The van der Waals surface area contributed by atoms with Crippen LogP contribution in [0.2, 0.25) is 0 Å². The lowest BCUT2D eigenvalue weighted by Gasteiger charge is -2.04. The molecule has 6 heteroatoms. The van der Waals surface area contributed by atoms with Crippen molar-refractivity contribution in [3.05, 3.63) is 29.0 Å². The monoisotopic (exact) mass is 283 g/mol. The van der Waals surface area contributed by atoms with Gasteiger partial charge in [0.15, 0.2) is 5.65 Å². The van der Waals surface area contributed by atoms with E-state index in [2.05, 4.69) is 36.0 Å². The molecule has 0 unspecified atom stereocenters. The van der Waals surface area contributed by atoms with Gasteiger partial charge in [-0.25, -0.2) is 9.97 Å². The summed E-state index contributed by atoms with van der Waals surface area (Å²) < 4.78 is 2.98. The Labute approximate surface area is 119 Å². The van der Waals surface area contributed by atoms with Gasteiger partial charge in [0, 0.05) is 11.1 Å². The van der Waals surface area contributed by atoms with Gasteiger partial charge in [-0.1, -0.05) is 0 Å². The van der Waals surface area contributed by atoms with E-state index in [0.29, 0.717) is 0 Å². The van der Waals surface area contributed by atoms with E-state index >= 15 is 0 Å². The van der Waals surface area contributed by atoms with Crippen LogP contribution in [0.25, 0.3) is 26.1 Å². The number of hydrogen-bond acceptors (Lipinski definition) is 5. The number of hydrogen-bond donors (Lipinski definition) is 0. The predicted molar refractivity (Wildman–Crippen MR) is 80.4 cm³/mol. The van der Waals surface area contributed by atoms with E-state index in [0.717, 1.165) is 37.6 Å². The van der Waals surface area contributed by atoms with Gasteiger partial charge in [0.2, 0.25) is 0 Å². The second-order valence-corrected chi connectivity index (χ2v) is 6.09. The predicted octanol–water partition coefficient (Wildman–Crippen LogP) is 3.12. The maximum atomic E-state index is 4.71. The summed E-state index contributed by atoms with van der Waals surface area (Å²) >= 11 is 1.64. The van der Waals surface area contributed by atoms with Crippen LogP contribution >= 0.6 is 11.3 Å². The molecule has 0 N–H and O–H groups in total. The van der Waals surface area contributed by atoms with Gasteiger partial charge in [0.05, 0.1) is 5.52 Å². The highest BCUT2D eigenvalue weighted by Gasteiger charge is 2.17. The number of fused-ring (bicyclic) bond motifs is 5. The van der Waals surface area contributed by atoms with E-state index in [9.17, 15) is 0 Å². The molecular formula is C14H13N5S. The fourth-order valence-corrected chi connectivity index (χ4v) is 3.78. The van der Waals surface area contributed by atoms with Crippen molar-refractivity contribution in [1.82, 2.24) is 24.6 Å². The molecular weight excluding hydrogens is 270 g/mol. The van der Waals surface area contributed by atoms with Crippen molar-refractivity contribution in [3.8, 4) is 0 Å². The average Bonchev–Trinajstić information content (AvgIpc) is 2.97. The van der Waals surface area contributed by atoms with E-state index in [4.69, 9.17) is 4.98 Å². The number of nitrogens with zero attached hydrogens (tertiary/aromatic N) is 5. The molecule has 20 heavy (non-hydrogen) atoms. The summed E-state index contributed by atoms with van der Waals surface area (Å²) in [5, 5.41) is 9.55. The van der Waals surface area contributed by atoms with Gasteiger partial charge in [0.1, 0.15) is 21.7 Å². The molecule has 0 saturated carbocycles. The molecule has 4 rings (SSSR count). The van der Waals surface area contributed by atoms with Crippen LogP contribution in [-0.2, 0) is 0 Å². The van der Waals surface area contributed by atoms with Gasteiger partial charge in [-0.2, -0.15) is 0 Å². The first-order valence-electron chi connectivity index (χ1n) is 6.44. The molecule has 0 aromatic carbocycles. The van der Waals surface area contributed by atoms with Crippen LogP contribution in [0.4, 0.5) is 0 Å². The standard InChI is InChI=1S/C14H13N5S/c1-6-7(2)10-11-12(20-14(10)16-8(6)3)13-18-17-9(4)19(13)5-15-11/h5H,1-4H3. The molecule has 5 nitrogen and oxygen atoms in total. The summed E-state index contributed by atoms with van der Waals surface area (Å²) in [5.74, 6) is 0.851. The van der Waals surface area contributed by atoms with Crippen LogP contribution in [0.5, 0.6) is 0 Å². The summed E-state index contributed by atoms with van der Waals surface area (Å²) in [7, 11) is 0. The lowest BCUT2D eigenvalue weighted by molar-refractivity contribution is 0.990. The maximum absolute atomic E-state index is 4.71. The van der Waals surface area contributed by atoms with Gasteiger partial charge >= 0.3 is 0 Å². The third-order valence-electron chi connectivity index (χ3n) is 3.99. The fourth-order valence-electron chi connectivity index (χ4n) is 2.58. The molecule has 0 saturated heterocycles. The van der Waals surface area contributed by atoms with Gasteiger partial charge < -0.3 is 0 Å². The molecule has 0 spiro atoms. The van der Waals surface area contributed by atoms with Crippen molar-refractivity contribution in [2.45, 2.75) is 27.7 Å². The minimum atomic E-state index is 0.851. The third-order valence-corrected chi connectivity index (χ3v) is 5.05. The zero-order valence-corrected chi connectivity index (χ0v) is 12.5. The molecule has 0 aliphatic carbocycles. The van der Waals surface area contributed by atoms with Crippen LogP contribution in [0.3, 0.4) is 0 Å². The molecule has 0 atom stereocenters. The summed E-state index contributed by atoms with van der Waals surface area (Å²) in [6.07, 6.45) is 1.80. The van der Waals surface area contributed by atoms with Crippen LogP contribution in [0, 0.1) is 27.7 Å². The third kappa shape index (κ3) is 1.31. The Kier molecular flexibility index (Phi) is 2.18. The van der Waals surface area contributed by atoms with Crippen molar-refractivity contribution < 1.29 is 0 Å². The Balaban J connectivity index is 2.30. The quantitative estimate of drug-likeness (QED) is 0.497. The van der Waals surface area contributed by atoms with Gasteiger partial charge in [0.25, 0.3) is 0 Å². The molecule has 0 fully saturated rings. The average molecular weight is 283 g/mol. The smallest absolute Gasteiger partial charge is 0.181 e. The molecule has 4 aromatic rings. The van der Waals surface area contributed by atoms with Crippen molar-refractivity contribution in [2.24, 2.45) is 0 Å². The molecule has 100 valence electrons. The molecule has 0 bridgehead atoms. The Hall–Kier alpha value is -2.08. The van der Waals surface area contributed by atoms with Crippen molar-refractivity contribution >= 4 is 37.4 Å². The molecule has 0 aliphatic heterocycles. The first-order chi connectivity index (χ1) is 9.58. The van der Waals surface area contributed by atoms with Crippen molar-refractivity contribution in [3.63, 3.8) is 0 Å². The Bertz CT molecular complexity index is 995. The van der Waals surface area contributed by atoms with Crippen LogP contribution in [0.1, 0.15) is 22.6 Å². The normalized spacial score (nSPS) is 12.0. The SMILES string of the molecule is Cc1nc2sc3c(ncn4c(C)nnc34)c2c(C)c1C. The highest BCUT2D eigenvalue weighted by Crippen LogP contribution is 2.36. The number of pyridine rings is 1. The summed E-state index contributed by atoms with van der Waals surface area (Å²) in [6.45, 7) is 8.23. The zero-order valence-electron chi connectivity index (χ0n) is 11.7. The highest BCUT2D eigenvalue weighted by atomic mass is 32.1. The minimum Gasteiger partial charge on any atom is -0.268 e. The summed E-state index contributed by atoms with van der Waals surface area (Å²) in [4.78, 5) is 10.4. The molecule has 0 radical (unpaired) electrons. The largest absolute Gasteiger partial charge is 0.268 e. The maximum Gasteiger partial charge on any atom is 0.181 e. The Morgan fingerprint density at radius 2 is 1.85 bits per heavy atom. The van der Waals surface area contributed by atoms with Crippen LogP contribution in [0.15, 0.2) is 6.33 Å². The van der Waals surface area contributed by atoms with E-state index in [1.807, 2.05) is 11.3 Å². The lowest BCUT2D eigenvalue weighted by Crippen LogP contribution is -1.92. The van der Waals surface area contributed by atoms with Gasteiger partial charge in [-0.05, 0) is 38.8 Å². The Morgan fingerprint density at radius 3 is 2.65 bits per heavy atom. The summed E-state index contributed by atoms with van der Waals surface area (Å²) in [5.41, 5.74) is 5.42. The van der Waals surface area contributed by atoms with Gasteiger partial charge in [-0.15, -0.1) is 21.5 Å². The molecule has 4 aromatic heterocycles. The number of rotatable bonds is 0. The first kappa shape index (κ1) is 11.7. The number of aromatic nitrogens is 5. The minimum absolute atomic E-state index is 0.851. The lowest BCUT2D eigenvalue weighted by atomic mass is 10.1. The topological polar surface area (TPSA) is 56.0 Å². The molecule has 0 amide bonds. The van der Waals surface area contributed by atoms with Gasteiger partial charge in [-0.3, -0.25) is 4.40 Å². The second-order valence-electron chi connectivity index (χ2n) is 5.09. The Morgan fingerprint density at radius 1 is 1.05 bits per heavy atom. The fraction of sp³-hybridized carbons (Fsp3) is 0.286. The van der Waals surface area contributed by atoms with E-state index in [-0.39, 0.29) is 0 Å². The van der Waals surface area contributed by atoms with Crippen LogP contribution in [-0.4, -0.2) is 24.6 Å². The summed E-state index contributed by atoms with van der Waals surface area (Å²) in [6, 6.07) is 0.